The van der Waals surface area contributed by atoms with Crippen LogP contribution in [0.3, 0.4) is 0 Å². The maximum Gasteiger partial charge on any atom is 0.0899 e. The lowest BCUT2D eigenvalue weighted by Crippen LogP contribution is -2.38. The van der Waals surface area contributed by atoms with E-state index in [1.54, 1.807) is 12.1 Å². The zero-order chi connectivity index (χ0) is 12.3. The highest BCUT2D eigenvalue weighted by Gasteiger charge is 2.13. The van der Waals surface area contributed by atoms with E-state index in [0.717, 1.165) is 5.56 Å². The van der Waals surface area contributed by atoms with Crippen molar-refractivity contribution >= 4 is 40.4 Å². The number of likely N-dealkylation sites (N-methyl/N-ethyl adjacent to an activating group) is 1. The maximum absolute atomic E-state index is 6.08. The molecule has 1 atom stereocenters. The van der Waals surface area contributed by atoms with Gasteiger partial charge in [0.25, 0.3) is 0 Å². The molecule has 0 aliphatic heterocycles. The number of nitrogens with two attached hydrogens (primary N) is 1. The topological polar surface area (TPSA) is 29.3 Å². The highest BCUT2D eigenvalue weighted by molar-refractivity contribution is 7.80. The Bertz CT molecular complexity index is 396. The van der Waals surface area contributed by atoms with Gasteiger partial charge in [0, 0.05) is 16.6 Å². The van der Waals surface area contributed by atoms with Gasteiger partial charge < -0.3 is 5.73 Å². The summed E-state index contributed by atoms with van der Waals surface area (Å²) in [4.78, 5) is 2.50. The van der Waals surface area contributed by atoms with Crippen LogP contribution in [-0.2, 0) is 6.54 Å². The molecule has 1 rings (SSSR count). The zero-order valence-electron chi connectivity index (χ0n) is 9.21. The second kappa shape index (κ2) is 5.82. The Labute approximate surface area is 111 Å². The first-order valence-electron chi connectivity index (χ1n) is 4.85. The first-order chi connectivity index (χ1) is 7.41. The molecule has 2 nitrogen and oxygen atoms in total. The molecule has 0 radical (unpaired) electrons. The smallest absolute Gasteiger partial charge is 0.0899 e. The standard InChI is InChI=1S/C11H14Cl2N2S/c1-7(11(14)16)15(2)6-8-5-9(12)3-4-10(8)13/h3-5,7H,6H2,1-2H3,(H2,14,16). The number of hydrogen-bond acceptors (Lipinski definition) is 2. The van der Waals surface area contributed by atoms with E-state index in [1.807, 2.05) is 24.9 Å². The van der Waals surface area contributed by atoms with Crippen LogP contribution in [0.15, 0.2) is 18.2 Å². The largest absolute Gasteiger partial charge is 0.392 e. The van der Waals surface area contributed by atoms with Crippen molar-refractivity contribution in [1.29, 1.82) is 0 Å². The van der Waals surface area contributed by atoms with E-state index in [0.29, 0.717) is 21.6 Å². The van der Waals surface area contributed by atoms with Crippen molar-refractivity contribution in [1.82, 2.24) is 4.90 Å². The fourth-order valence-electron chi connectivity index (χ4n) is 1.29. The molecule has 0 saturated carbocycles. The van der Waals surface area contributed by atoms with Gasteiger partial charge in [0.05, 0.1) is 11.0 Å². The number of nitrogens with zero attached hydrogens (tertiary/aromatic N) is 1. The van der Waals surface area contributed by atoms with Crippen LogP contribution >= 0.6 is 35.4 Å². The van der Waals surface area contributed by atoms with Crippen LogP contribution in [0.4, 0.5) is 0 Å². The molecule has 0 spiro atoms. The Balaban J connectivity index is 2.80. The van der Waals surface area contributed by atoms with Gasteiger partial charge >= 0.3 is 0 Å². The fourth-order valence-corrected chi connectivity index (χ4v) is 1.84. The first-order valence-corrected chi connectivity index (χ1v) is 6.01. The molecule has 0 amide bonds. The quantitative estimate of drug-likeness (QED) is 0.857. The van der Waals surface area contributed by atoms with Gasteiger partial charge in [-0.05, 0) is 37.7 Å². The predicted molar refractivity (Wildman–Crippen MR) is 74.2 cm³/mol. The summed E-state index contributed by atoms with van der Waals surface area (Å²) in [7, 11) is 1.95. The van der Waals surface area contributed by atoms with Gasteiger partial charge in [0.15, 0.2) is 0 Å². The number of rotatable bonds is 4. The minimum atomic E-state index is 0.0325. The molecule has 1 aromatic carbocycles. The summed E-state index contributed by atoms with van der Waals surface area (Å²) in [5, 5.41) is 1.38. The molecule has 0 fully saturated rings. The van der Waals surface area contributed by atoms with Crippen molar-refractivity contribution in [3.05, 3.63) is 33.8 Å². The van der Waals surface area contributed by atoms with Crippen LogP contribution in [0.1, 0.15) is 12.5 Å². The predicted octanol–water partition coefficient (Wildman–Crippen LogP) is 3.10. The first kappa shape index (κ1) is 13.7. The fraction of sp³-hybridized carbons (Fsp3) is 0.364. The second-order valence-electron chi connectivity index (χ2n) is 3.73. The van der Waals surface area contributed by atoms with Gasteiger partial charge in [-0.2, -0.15) is 0 Å². The van der Waals surface area contributed by atoms with E-state index in [1.165, 1.54) is 0 Å². The Morgan fingerprint density at radius 3 is 2.69 bits per heavy atom. The molecule has 0 saturated heterocycles. The van der Waals surface area contributed by atoms with Crippen molar-refractivity contribution in [2.75, 3.05) is 7.05 Å². The summed E-state index contributed by atoms with van der Waals surface area (Å²) in [5.74, 6) is 0. The van der Waals surface area contributed by atoms with E-state index in [9.17, 15) is 0 Å². The van der Waals surface area contributed by atoms with Crippen molar-refractivity contribution < 1.29 is 0 Å². The number of thiocarbonyl (C=S) groups is 1. The van der Waals surface area contributed by atoms with Crippen molar-refractivity contribution in [3.63, 3.8) is 0 Å². The number of benzene rings is 1. The highest BCUT2D eigenvalue weighted by atomic mass is 35.5. The second-order valence-corrected chi connectivity index (χ2v) is 5.04. The third-order valence-electron chi connectivity index (χ3n) is 2.50. The molecule has 0 aliphatic rings. The summed E-state index contributed by atoms with van der Waals surface area (Å²) in [6.45, 7) is 2.62. The maximum atomic E-state index is 6.08. The molecule has 0 heterocycles. The van der Waals surface area contributed by atoms with E-state index in [2.05, 4.69) is 0 Å². The van der Waals surface area contributed by atoms with E-state index >= 15 is 0 Å². The molecular weight excluding hydrogens is 263 g/mol. The third kappa shape index (κ3) is 3.59. The summed E-state index contributed by atoms with van der Waals surface area (Å²) in [5.41, 5.74) is 6.56. The average molecular weight is 277 g/mol. The minimum Gasteiger partial charge on any atom is -0.392 e. The van der Waals surface area contributed by atoms with Gasteiger partial charge in [-0.3, -0.25) is 4.90 Å². The number of halogens is 2. The lowest BCUT2D eigenvalue weighted by Gasteiger charge is -2.24. The van der Waals surface area contributed by atoms with Crippen molar-refractivity contribution in [2.45, 2.75) is 19.5 Å². The third-order valence-corrected chi connectivity index (χ3v) is 3.45. The highest BCUT2D eigenvalue weighted by Crippen LogP contribution is 2.22. The minimum absolute atomic E-state index is 0.0325. The summed E-state index contributed by atoms with van der Waals surface area (Å²) < 4.78 is 0. The van der Waals surface area contributed by atoms with E-state index < -0.39 is 0 Å². The summed E-state index contributed by atoms with van der Waals surface area (Å²) in [6, 6.07) is 5.44. The van der Waals surface area contributed by atoms with Crippen LogP contribution in [0.25, 0.3) is 0 Å². The van der Waals surface area contributed by atoms with E-state index in [-0.39, 0.29) is 6.04 Å². The molecule has 5 heteroatoms. The van der Waals surface area contributed by atoms with Crippen molar-refractivity contribution in [2.24, 2.45) is 5.73 Å². The molecule has 1 unspecified atom stereocenters. The monoisotopic (exact) mass is 276 g/mol. The Hall–Kier alpha value is -0.350. The molecule has 88 valence electrons. The zero-order valence-corrected chi connectivity index (χ0v) is 11.5. The average Bonchev–Trinajstić information content (AvgIpc) is 2.22. The molecule has 1 aromatic rings. The summed E-state index contributed by atoms with van der Waals surface area (Å²) >= 11 is 16.9. The molecule has 2 N–H and O–H groups in total. The normalized spacial score (nSPS) is 12.8. The van der Waals surface area contributed by atoms with Crippen LogP contribution in [0.2, 0.25) is 10.0 Å². The molecule has 0 aliphatic carbocycles. The van der Waals surface area contributed by atoms with Gasteiger partial charge in [-0.15, -0.1) is 0 Å². The molecule has 16 heavy (non-hydrogen) atoms. The van der Waals surface area contributed by atoms with Gasteiger partial charge in [-0.1, -0.05) is 35.4 Å². The van der Waals surface area contributed by atoms with Crippen molar-refractivity contribution in [3.8, 4) is 0 Å². The van der Waals surface area contributed by atoms with Crippen LogP contribution in [0.5, 0.6) is 0 Å². The van der Waals surface area contributed by atoms with Crippen LogP contribution in [0, 0.1) is 0 Å². The lowest BCUT2D eigenvalue weighted by atomic mass is 10.2. The van der Waals surface area contributed by atoms with Gasteiger partial charge in [-0.25, -0.2) is 0 Å². The SMILES string of the molecule is CC(C(N)=S)N(C)Cc1cc(Cl)ccc1Cl. The van der Waals surface area contributed by atoms with Gasteiger partial charge in [0.2, 0.25) is 0 Å². The Morgan fingerprint density at radius 2 is 2.12 bits per heavy atom. The molecule has 0 bridgehead atoms. The Kier molecular flexibility index (Phi) is 4.99. The lowest BCUT2D eigenvalue weighted by molar-refractivity contribution is 0.304. The van der Waals surface area contributed by atoms with E-state index in [4.69, 9.17) is 41.2 Å². The van der Waals surface area contributed by atoms with Crippen LogP contribution in [-0.4, -0.2) is 23.0 Å². The summed E-state index contributed by atoms with van der Waals surface area (Å²) in [6.07, 6.45) is 0. The van der Waals surface area contributed by atoms with Crippen LogP contribution < -0.4 is 5.73 Å². The van der Waals surface area contributed by atoms with Gasteiger partial charge in [0.1, 0.15) is 0 Å². The molecule has 0 aromatic heterocycles. The molecular formula is C11H14Cl2N2S. The number of hydrogen-bond donors (Lipinski definition) is 1. The Morgan fingerprint density at radius 1 is 1.50 bits per heavy atom.